The number of nitrogens with zero attached hydrogens (tertiary/aromatic N) is 1. The normalized spacial score (nSPS) is 10.2. The monoisotopic (exact) mass is 286 g/mol. The van der Waals surface area contributed by atoms with E-state index in [2.05, 4.69) is 15.0 Å². The number of aromatic nitrogens is 1. The lowest BCUT2D eigenvalue weighted by atomic mass is 10.3. The number of esters is 1. The average molecular weight is 287 g/mol. The molecule has 0 aliphatic rings. The third kappa shape index (κ3) is 2.96. The van der Waals surface area contributed by atoms with Gasteiger partial charge in [0.05, 0.1) is 7.11 Å². The van der Waals surface area contributed by atoms with E-state index in [4.69, 9.17) is 11.6 Å². The highest BCUT2D eigenvalue weighted by Gasteiger charge is 2.11. The Morgan fingerprint density at radius 3 is 2.94 bits per heavy atom. The highest BCUT2D eigenvalue weighted by Crippen LogP contribution is 2.24. The van der Waals surface area contributed by atoms with Crippen molar-refractivity contribution in [2.75, 3.05) is 12.4 Å². The molecule has 0 saturated heterocycles. The number of thiazole rings is 1. The molecule has 2 rings (SSSR count). The zero-order valence-corrected chi connectivity index (χ0v) is 10.8. The molecule has 0 radical (unpaired) electrons. The summed E-state index contributed by atoms with van der Waals surface area (Å²) in [5.74, 6) is -0.966. The standard InChI is InChI=1S/C11H8ClFN2O2S/c1-17-10(16)9-5-18-11(15-9)14-8-3-6(12)2-7(13)4-8/h2-5H,1H3,(H,14,15). The van der Waals surface area contributed by atoms with Gasteiger partial charge in [-0.25, -0.2) is 14.2 Å². The first-order chi connectivity index (χ1) is 8.58. The maximum atomic E-state index is 13.1. The van der Waals surface area contributed by atoms with Gasteiger partial charge in [-0.15, -0.1) is 11.3 Å². The molecule has 1 heterocycles. The zero-order valence-electron chi connectivity index (χ0n) is 9.24. The van der Waals surface area contributed by atoms with Gasteiger partial charge in [-0.1, -0.05) is 11.6 Å². The molecule has 2 aromatic rings. The maximum Gasteiger partial charge on any atom is 0.357 e. The van der Waals surface area contributed by atoms with E-state index in [1.54, 1.807) is 11.4 Å². The summed E-state index contributed by atoms with van der Waals surface area (Å²) >= 11 is 6.93. The summed E-state index contributed by atoms with van der Waals surface area (Å²) in [7, 11) is 1.28. The number of halogens is 2. The van der Waals surface area contributed by atoms with Crippen molar-refractivity contribution in [2.45, 2.75) is 0 Å². The summed E-state index contributed by atoms with van der Waals surface area (Å²) in [5, 5.41) is 5.15. The van der Waals surface area contributed by atoms with E-state index in [1.807, 2.05) is 0 Å². The van der Waals surface area contributed by atoms with Crippen molar-refractivity contribution in [3.63, 3.8) is 0 Å². The molecular weight excluding hydrogens is 279 g/mol. The number of rotatable bonds is 3. The highest BCUT2D eigenvalue weighted by atomic mass is 35.5. The van der Waals surface area contributed by atoms with Crippen LogP contribution in [0.5, 0.6) is 0 Å². The molecule has 7 heteroatoms. The van der Waals surface area contributed by atoms with Crippen LogP contribution in [0.25, 0.3) is 0 Å². The number of carbonyl (C=O) groups is 1. The van der Waals surface area contributed by atoms with Gasteiger partial charge in [0.1, 0.15) is 5.82 Å². The zero-order chi connectivity index (χ0) is 13.1. The Morgan fingerprint density at radius 2 is 2.28 bits per heavy atom. The summed E-state index contributed by atoms with van der Waals surface area (Å²) in [6.07, 6.45) is 0. The van der Waals surface area contributed by atoms with E-state index in [9.17, 15) is 9.18 Å². The molecule has 0 amide bonds. The van der Waals surface area contributed by atoms with E-state index in [1.165, 1.54) is 30.6 Å². The lowest BCUT2D eigenvalue weighted by Crippen LogP contribution is -2.01. The molecule has 1 aromatic carbocycles. The summed E-state index contributed by atoms with van der Waals surface area (Å²) in [5.41, 5.74) is 0.665. The second-order valence-electron chi connectivity index (χ2n) is 3.31. The van der Waals surface area contributed by atoms with Crippen molar-refractivity contribution < 1.29 is 13.9 Å². The topological polar surface area (TPSA) is 51.2 Å². The van der Waals surface area contributed by atoms with Crippen LogP contribution < -0.4 is 5.32 Å². The molecule has 1 N–H and O–H groups in total. The van der Waals surface area contributed by atoms with E-state index >= 15 is 0 Å². The fraction of sp³-hybridized carbons (Fsp3) is 0.0909. The summed E-state index contributed by atoms with van der Waals surface area (Å²) in [6, 6.07) is 4.05. The second-order valence-corrected chi connectivity index (χ2v) is 4.61. The number of hydrogen-bond acceptors (Lipinski definition) is 5. The molecule has 1 aromatic heterocycles. The van der Waals surface area contributed by atoms with Gasteiger partial charge in [-0.3, -0.25) is 0 Å². The molecule has 0 aliphatic heterocycles. The fourth-order valence-electron chi connectivity index (χ4n) is 1.28. The quantitative estimate of drug-likeness (QED) is 0.878. The van der Waals surface area contributed by atoms with Crippen LogP contribution in [0.2, 0.25) is 5.02 Å². The van der Waals surface area contributed by atoms with Crippen LogP contribution in [-0.4, -0.2) is 18.1 Å². The molecule has 0 spiro atoms. The van der Waals surface area contributed by atoms with Crippen molar-refractivity contribution in [2.24, 2.45) is 0 Å². The van der Waals surface area contributed by atoms with E-state index in [-0.39, 0.29) is 10.7 Å². The van der Waals surface area contributed by atoms with Gasteiger partial charge >= 0.3 is 5.97 Å². The van der Waals surface area contributed by atoms with Gasteiger partial charge in [0.15, 0.2) is 10.8 Å². The van der Waals surface area contributed by atoms with Crippen LogP contribution in [0.4, 0.5) is 15.2 Å². The minimum atomic E-state index is -0.517. The molecule has 0 fully saturated rings. The molecule has 18 heavy (non-hydrogen) atoms. The third-order valence-electron chi connectivity index (χ3n) is 2.01. The molecule has 0 saturated carbocycles. The van der Waals surface area contributed by atoms with Gasteiger partial charge in [-0.2, -0.15) is 0 Å². The number of nitrogens with one attached hydrogen (secondary N) is 1. The van der Waals surface area contributed by atoms with E-state index in [0.717, 1.165) is 0 Å². The lowest BCUT2D eigenvalue weighted by Gasteiger charge is -2.03. The van der Waals surface area contributed by atoms with Gasteiger partial charge in [0.2, 0.25) is 0 Å². The Hall–Kier alpha value is -1.66. The number of ether oxygens (including phenoxy) is 1. The van der Waals surface area contributed by atoms with Crippen LogP contribution in [0.1, 0.15) is 10.5 Å². The molecular formula is C11H8ClFN2O2S. The Bertz CT molecular complexity index is 568. The minimum absolute atomic E-state index is 0.201. The average Bonchev–Trinajstić information content (AvgIpc) is 2.75. The Balaban J connectivity index is 2.18. The fourth-order valence-corrected chi connectivity index (χ4v) is 2.20. The number of hydrogen-bond donors (Lipinski definition) is 1. The summed E-state index contributed by atoms with van der Waals surface area (Å²) < 4.78 is 17.6. The predicted octanol–water partition coefficient (Wildman–Crippen LogP) is 3.47. The number of methoxy groups -OCH3 is 1. The van der Waals surface area contributed by atoms with Crippen molar-refractivity contribution in [3.8, 4) is 0 Å². The number of benzene rings is 1. The van der Waals surface area contributed by atoms with Gasteiger partial charge in [-0.05, 0) is 18.2 Å². The first kappa shape index (κ1) is 12.8. The first-order valence-electron chi connectivity index (χ1n) is 4.85. The summed E-state index contributed by atoms with van der Waals surface area (Å²) in [6.45, 7) is 0. The molecule has 0 atom stereocenters. The molecule has 4 nitrogen and oxygen atoms in total. The van der Waals surface area contributed by atoms with Crippen LogP contribution in [0.15, 0.2) is 23.6 Å². The van der Waals surface area contributed by atoms with Crippen LogP contribution >= 0.6 is 22.9 Å². The van der Waals surface area contributed by atoms with Gasteiger partial charge < -0.3 is 10.1 Å². The third-order valence-corrected chi connectivity index (χ3v) is 2.99. The van der Waals surface area contributed by atoms with Gasteiger partial charge in [0.25, 0.3) is 0 Å². The Labute approximate surface area is 111 Å². The van der Waals surface area contributed by atoms with Crippen molar-refractivity contribution >= 4 is 39.7 Å². The van der Waals surface area contributed by atoms with Crippen LogP contribution in [-0.2, 0) is 4.74 Å². The minimum Gasteiger partial charge on any atom is -0.464 e. The van der Waals surface area contributed by atoms with Gasteiger partial charge in [0, 0.05) is 16.1 Å². The smallest absolute Gasteiger partial charge is 0.357 e. The van der Waals surface area contributed by atoms with E-state index in [0.29, 0.717) is 10.8 Å². The largest absolute Gasteiger partial charge is 0.464 e. The molecule has 94 valence electrons. The van der Waals surface area contributed by atoms with Crippen molar-refractivity contribution in [1.82, 2.24) is 4.98 Å². The van der Waals surface area contributed by atoms with Crippen molar-refractivity contribution in [3.05, 3.63) is 40.1 Å². The molecule has 0 aliphatic carbocycles. The lowest BCUT2D eigenvalue weighted by molar-refractivity contribution is 0.0595. The van der Waals surface area contributed by atoms with Crippen LogP contribution in [0, 0.1) is 5.82 Å². The van der Waals surface area contributed by atoms with Crippen molar-refractivity contribution in [1.29, 1.82) is 0 Å². The number of anilines is 2. The maximum absolute atomic E-state index is 13.1. The van der Waals surface area contributed by atoms with E-state index < -0.39 is 11.8 Å². The molecule has 0 bridgehead atoms. The highest BCUT2D eigenvalue weighted by molar-refractivity contribution is 7.14. The second kappa shape index (κ2) is 5.32. The Morgan fingerprint density at radius 1 is 1.50 bits per heavy atom. The number of carbonyl (C=O) groups excluding carboxylic acids is 1. The predicted molar refractivity (Wildman–Crippen MR) is 68.1 cm³/mol. The SMILES string of the molecule is COC(=O)c1csc(Nc2cc(F)cc(Cl)c2)n1. The summed E-state index contributed by atoms with van der Waals surface area (Å²) in [4.78, 5) is 15.2. The van der Waals surface area contributed by atoms with Crippen LogP contribution in [0.3, 0.4) is 0 Å². The Kier molecular flexibility index (Phi) is 3.78. The molecule has 0 unspecified atom stereocenters. The first-order valence-corrected chi connectivity index (χ1v) is 6.11.